The van der Waals surface area contributed by atoms with E-state index in [0.29, 0.717) is 25.0 Å². The van der Waals surface area contributed by atoms with Crippen molar-refractivity contribution in [3.8, 4) is 0 Å². The zero-order valence-electron chi connectivity index (χ0n) is 19.3. The van der Waals surface area contributed by atoms with Crippen molar-refractivity contribution in [3.63, 3.8) is 0 Å². The molecule has 1 fully saturated rings. The Hall–Kier alpha value is -3.21. The Kier molecular flexibility index (Phi) is 6.89. The standard InChI is InChI=1S/C30H31NO3/c32-28-17-16-25-29(33)27(24-14-8-3-9-15-24)21-34-30(25)26(28)20-31(18-22-10-4-1-5-11-22)19-23-12-6-2-7-13-23/h1-15,21,25-26,28,30,32H,16-20H2. The summed E-state index contributed by atoms with van der Waals surface area (Å²) >= 11 is 0. The van der Waals surface area contributed by atoms with E-state index < -0.39 is 6.10 Å². The van der Waals surface area contributed by atoms with Gasteiger partial charge in [0.1, 0.15) is 6.10 Å². The lowest BCUT2D eigenvalue weighted by Gasteiger charge is -2.43. The molecule has 174 valence electrons. The molecule has 4 atom stereocenters. The van der Waals surface area contributed by atoms with Crippen LogP contribution in [0.3, 0.4) is 0 Å². The Morgan fingerprint density at radius 1 is 0.794 bits per heavy atom. The van der Waals surface area contributed by atoms with Gasteiger partial charge in [-0.2, -0.15) is 0 Å². The largest absolute Gasteiger partial charge is 0.496 e. The molecular weight excluding hydrogens is 422 g/mol. The van der Waals surface area contributed by atoms with Gasteiger partial charge in [0, 0.05) is 25.6 Å². The Morgan fingerprint density at radius 3 is 1.94 bits per heavy atom. The van der Waals surface area contributed by atoms with Crippen LogP contribution in [-0.4, -0.2) is 34.5 Å². The van der Waals surface area contributed by atoms with Crippen LogP contribution >= 0.6 is 0 Å². The van der Waals surface area contributed by atoms with E-state index in [2.05, 4.69) is 53.4 Å². The SMILES string of the molecule is O=C1C(c2ccccc2)=COC2C1CCC(O)C2CN(Cc1ccccc1)Cc1ccccc1. The van der Waals surface area contributed by atoms with E-state index >= 15 is 0 Å². The molecule has 0 saturated heterocycles. The minimum atomic E-state index is -0.491. The fraction of sp³-hybridized carbons (Fsp3) is 0.300. The Balaban J connectivity index is 1.38. The van der Waals surface area contributed by atoms with Crippen molar-refractivity contribution in [1.82, 2.24) is 4.90 Å². The molecule has 1 N–H and O–H groups in total. The number of ketones is 1. The monoisotopic (exact) mass is 453 g/mol. The number of aliphatic hydroxyl groups is 1. The number of Topliss-reactive ketones (excluding diaryl/α,β-unsaturated/α-hetero) is 1. The molecule has 4 unspecified atom stereocenters. The number of aliphatic hydroxyl groups excluding tert-OH is 1. The van der Waals surface area contributed by atoms with Crippen LogP contribution in [0.4, 0.5) is 0 Å². The maximum atomic E-state index is 13.4. The van der Waals surface area contributed by atoms with Crippen molar-refractivity contribution in [2.75, 3.05) is 6.54 Å². The van der Waals surface area contributed by atoms with Crippen LogP contribution in [0.1, 0.15) is 29.5 Å². The van der Waals surface area contributed by atoms with Gasteiger partial charge in [-0.05, 0) is 29.5 Å². The van der Waals surface area contributed by atoms with Crippen molar-refractivity contribution in [2.45, 2.75) is 38.1 Å². The minimum Gasteiger partial charge on any atom is -0.496 e. The van der Waals surface area contributed by atoms with Crippen LogP contribution in [0, 0.1) is 11.8 Å². The average Bonchev–Trinajstić information content (AvgIpc) is 2.88. The van der Waals surface area contributed by atoms with Gasteiger partial charge in [0.25, 0.3) is 0 Å². The van der Waals surface area contributed by atoms with Crippen LogP contribution in [0.5, 0.6) is 0 Å². The molecule has 3 aromatic carbocycles. The quantitative estimate of drug-likeness (QED) is 0.542. The van der Waals surface area contributed by atoms with Gasteiger partial charge in [-0.1, -0.05) is 91.0 Å². The van der Waals surface area contributed by atoms with Crippen LogP contribution in [0.15, 0.2) is 97.3 Å². The van der Waals surface area contributed by atoms with Crippen LogP contribution in [-0.2, 0) is 22.6 Å². The third-order valence-corrected chi connectivity index (χ3v) is 7.08. The van der Waals surface area contributed by atoms with Gasteiger partial charge in [0.2, 0.25) is 0 Å². The molecule has 4 nitrogen and oxygen atoms in total. The summed E-state index contributed by atoms with van der Waals surface area (Å²) in [4.78, 5) is 15.8. The van der Waals surface area contributed by atoms with Crippen molar-refractivity contribution < 1.29 is 14.6 Å². The lowest BCUT2D eigenvalue weighted by Crippen LogP contribution is -2.51. The first-order valence-corrected chi connectivity index (χ1v) is 12.1. The van der Waals surface area contributed by atoms with Gasteiger partial charge in [-0.15, -0.1) is 0 Å². The Labute approximate surface area is 201 Å². The zero-order valence-corrected chi connectivity index (χ0v) is 19.3. The molecule has 3 aromatic rings. The van der Waals surface area contributed by atoms with Crippen molar-refractivity contribution in [3.05, 3.63) is 114 Å². The Morgan fingerprint density at radius 2 is 1.35 bits per heavy atom. The summed E-state index contributed by atoms with van der Waals surface area (Å²) in [6.07, 6.45) is 2.10. The first-order chi connectivity index (χ1) is 16.7. The van der Waals surface area contributed by atoms with E-state index in [1.165, 1.54) is 11.1 Å². The molecule has 0 aromatic heterocycles. The molecule has 4 heteroatoms. The molecule has 0 radical (unpaired) electrons. The highest BCUT2D eigenvalue weighted by molar-refractivity contribution is 6.22. The number of fused-ring (bicyclic) bond motifs is 1. The summed E-state index contributed by atoms with van der Waals surface area (Å²) in [7, 11) is 0. The number of carbonyl (C=O) groups is 1. The van der Waals surface area contributed by atoms with E-state index in [-0.39, 0.29) is 23.7 Å². The molecule has 1 aliphatic carbocycles. The molecule has 1 aliphatic heterocycles. The summed E-state index contributed by atoms with van der Waals surface area (Å²) in [5, 5.41) is 11.0. The fourth-order valence-electron chi connectivity index (χ4n) is 5.35. The van der Waals surface area contributed by atoms with Gasteiger partial charge in [0.15, 0.2) is 5.78 Å². The maximum Gasteiger partial charge on any atom is 0.173 e. The number of benzene rings is 3. The van der Waals surface area contributed by atoms with E-state index in [1.54, 1.807) is 6.26 Å². The topological polar surface area (TPSA) is 49.8 Å². The molecule has 34 heavy (non-hydrogen) atoms. The number of hydrogen-bond donors (Lipinski definition) is 1. The number of nitrogens with zero attached hydrogens (tertiary/aromatic N) is 1. The van der Waals surface area contributed by atoms with E-state index in [0.717, 1.165) is 18.7 Å². The molecule has 0 spiro atoms. The molecule has 2 aliphatic rings. The van der Waals surface area contributed by atoms with Gasteiger partial charge in [0.05, 0.1) is 23.9 Å². The van der Waals surface area contributed by atoms with E-state index in [1.807, 2.05) is 42.5 Å². The second-order valence-electron chi connectivity index (χ2n) is 9.42. The number of rotatable bonds is 7. The number of ether oxygens (including phenoxy) is 1. The molecule has 1 heterocycles. The number of carbonyl (C=O) groups excluding carboxylic acids is 1. The molecule has 0 amide bonds. The first kappa shape index (κ1) is 22.6. The van der Waals surface area contributed by atoms with Crippen LogP contribution in [0.25, 0.3) is 5.57 Å². The van der Waals surface area contributed by atoms with Gasteiger partial charge in [-0.3, -0.25) is 9.69 Å². The number of allylic oxidation sites excluding steroid dienone is 1. The van der Waals surface area contributed by atoms with E-state index in [4.69, 9.17) is 4.74 Å². The predicted molar refractivity (Wildman–Crippen MR) is 134 cm³/mol. The fourth-order valence-corrected chi connectivity index (χ4v) is 5.35. The molecule has 1 saturated carbocycles. The molecular formula is C30H31NO3. The second kappa shape index (κ2) is 10.4. The highest BCUT2D eigenvalue weighted by Gasteiger charge is 2.46. The van der Waals surface area contributed by atoms with Gasteiger partial charge < -0.3 is 9.84 Å². The van der Waals surface area contributed by atoms with Crippen molar-refractivity contribution in [1.29, 1.82) is 0 Å². The lowest BCUT2D eigenvalue weighted by molar-refractivity contribution is -0.133. The first-order valence-electron chi connectivity index (χ1n) is 12.1. The van der Waals surface area contributed by atoms with Gasteiger partial charge >= 0.3 is 0 Å². The van der Waals surface area contributed by atoms with Crippen LogP contribution < -0.4 is 0 Å². The average molecular weight is 454 g/mol. The van der Waals surface area contributed by atoms with Gasteiger partial charge in [-0.25, -0.2) is 0 Å². The maximum absolute atomic E-state index is 13.4. The van der Waals surface area contributed by atoms with Crippen molar-refractivity contribution in [2.24, 2.45) is 11.8 Å². The minimum absolute atomic E-state index is 0.135. The molecule has 5 rings (SSSR count). The molecule has 0 bridgehead atoms. The summed E-state index contributed by atoms with van der Waals surface area (Å²) in [5.74, 6) is -0.218. The third kappa shape index (κ3) is 4.98. The zero-order chi connectivity index (χ0) is 23.3. The van der Waals surface area contributed by atoms with Crippen molar-refractivity contribution >= 4 is 11.4 Å². The van der Waals surface area contributed by atoms with E-state index in [9.17, 15) is 9.90 Å². The third-order valence-electron chi connectivity index (χ3n) is 7.08. The summed E-state index contributed by atoms with van der Waals surface area (Å²) in [6.45, 7) is 2.21. The number of hydrogen-bond acceptors (Lipinski definition) is 4. The normalized spacial score (nSPS) is 24.3. The Bertz CT molecular complexity index is 1070. The van der Waals surface area contributed by atoms with Crippen LogP contribution in [0.2, 0.25) is 0 Å². The smallest absolute Gasteiger partial charge is 0.173 e. The highest BCUT2D eigenvalue weighted by atomic mass is 16.5. The lowest BCUT2D eigenvalue weighted by atomic mass is 9.72. The second-order valence-corrected chi connectivity index (χ2v) is 9.42. The highest BCUT2D eigenvalue weighted by Crippen LogP contribution is 2.40. The summed E-state index contributed by atoms with van der Waals surface area (Å²) in [5.41, 5.74) is 3.99. The summed E-state index contributed by atoms with van der Waals surface area (Å²) in [6, 6.07) is 30.5. The summed E-state index contributed by atoms with van der Waals surface area (Å²) < 4.78 is 6.23. The predicted octanol–water partition coefficient (Wildman–Crippen LogP) is 5.08.